The van der Waals surface area contributed by atoms with E-state index < -0.39 is 6.04 Å². The molecule has 32 heavy (non-hydrogen) atoms. The predicted octanol–water partition coefficient (Wildman–Crippen LogP) is 6.02. The van der Waals surface area contributed by atoms with Gasteiger partial charge in [-0.3, -0.25) is 9.59 Å². The topological polar surface area (TPSA) is 49.4 Å². The molecule has 3 rings (SSSR count). The molecule has 1 aliphatic rings. The first-order valence-electron chi connectivity index (χ1n) is 11.4. The van der Waals surface area contributed by atoms with Crippen LogP contribution >= 0.6 is 23.2 Å². The maximum absolute atomic E-state index is 13.6. The average Bonchev–Trinajstić information content (AvgIpc) is 3.25. The first kappa shape index (κ1) is 24.6. The normalized spacial score (nSPS) is 14.9. The van der Waals surface area contributed by atoms with Gasteiger partial charge in [0.05, 0.1) is 6.42 Å². The molecule has 1 saturated carbocycles. The summed E-state index contributed by atoms with van der Waals surface area (Å²) < 4.78 is 0. The standard InChI is InChI=1S/C26H32Cl2N2O2/c1-4-24(26(32)29-20-8-5-6-9-20)30(16-21-22(27)10-7-11-23(21)28)25(31)15-19-14-17(2)12-13-18(19)3/h7,10-14,20,24H,4-6,8-9,15-16H2,1-3H3,(H,29,32). The van der Waals surface area contributed by atoms with Crippen molar-refractivity contribution in [1.82, 2.24) is 10.2 Å². The van der Waals surface area contributed by atoms with Gasteiger partial charge in [-0.2, -0.15) is 0 Å². The van der Waals surface area contributed by atoms with Crippen LogP contribution in [-0.4, -0.2) is 28.8 Å². The maximum atomic E-state index is 13.6. The van der Waals surface area contributed by atoms with Gasteiger partial charge in [-0.25, -0.2) is 0 Å². The van der Waals surface area contributed by atoms with Crippen molar-refractivity contribution in [3.8, 4) is 0 Å². The summed E-state index contributed by atoms with van der Waals surface area (Å²) in [5.74, 6) is -0.208. The Morgan fingerprint density at radius 3 is 2.38 bits per heavy atom. The fraction of sp³-hybridized carbons (Fsp3) is 0.462. The molecular weight excluding hydrogens is 443 g/mol. The van der Waals surface area contributed by atoms with E-state index >= 15 is 0 Å². The van der Waals surface area contributed by atoms with Crippen LogP contribution in [0.2, 0.25) is 10.0 Å². The van der Waals surface area contributed by atoms with Crippen molar-refractivity contribution in [2.75, 3.05) is 0 Å². The summed E-state index contributed by atoms with van der Waals surface area (Å²) in [6.45, 7) is 6.14. The molecule has 1 fully saturated rings. The molecule has 172 valence electrons. The molecule has 6 heteroatoms. The third-order valence-corrected chi connectivity index (χ3v) is 7.03. The summed E-state index contributed by atoms with van der Waals surface area (Å²) in [7, 11) is 0. The monoisotopic (exact) mass is 474 g/mol. The quantitative estimate of drug-likeness (QED) is 0.508. The van der Waals surface area contributed by atoms with Crippen LogP contribution in [0.4, 0.5) is 0 Å². The van der Waals surface area contributed by atoms with Gasteiger partial charge >= 0.3 is 0 Å². The minimum absolute atomic E-state index is 0.100. The first-order chi connectivity index (χ1) is 15.3. The highest BCUT2D eigenvalue weighted by Gasteiger charge is 2.31. The maximum Gasteiger partial charge on any atom is 0.243 e. The molecule has 1 N–H and O–H groups in total. The summed E-state index contributed by atoms with van der Waals surface area (Å²) in [6.07, 6.45) is 4.99. The number of hydrogen-bond donors (Lipinski definition) is 1. The number of carbonyl (C=O) groups excluding carboxylic acids is 2. The van der Waals surface area contributed by atoms with E-state index in [1.165, 1.54) is 0 Å². The number of rotatable bonds is 8. The number of carbonyl (C=O) groups is 2. The van der Waals surface area contributed by atoms with Gasteiger partial charge in [0.25, 0.3) is 0 Å². The Labute approximate surface area is 201 Å². The highest BCUT2D eigenvalue weighted by atomic mass is 35.5. The van der Waals surface area contributed by atoms with Crippen LogP contribution in [0.1, 0.15) is 61.3 Å². The van der Waals surface area contributed by atoms with Gasteiger partial charge < -0.3 is 10.2 Å². The van der Waals surface area contributed by atoms with E-state index in [-0.39, 0.29) is 30.8 Å². The number of aryl methyl sites for hydroxylation is 2. The van der Waals surface area contributed by atoms with Crippen molar-refractivity contribution in [2.24, 2.45) is 0 Å². The molecule has 0 saturated heterocycles. The van der Waals surface area contributed by atoms with Crippen LogP contribution in [-0.2, 0) is 22.6 Å². The van der Waals surface area contributed by atoms with E-state index in [9.17, 15) is 9.59 Å². The lowest BCUT2D eigenvalue weighted by molar-refractivity contribution is -0.141. The zero-order chi connectivity index (χ0) is 23.3. The Balaban J connectivity index is 1.90. The van der Waals surface area contributed by atoms with Crippen LogP contribution in [0.15, 0.2) is 36.4 Å². The molecule has 1 atom stereocenters. The Kier molecular flexibility index (Phi) is 8.61. The summed E-state index contributed by atoms with van der Waals surface area (Å²) >= 11 is 12.9. The summed E-state index contributed by atoms with van der Waals surface area (Å²) in [6, 6.07) is 11.0. The fourth-order valence-corrected chi connectivity index (χ4v) is 4.91. The largest absolute Gasteiger partial charge is 0.352 e. The molecule has 2 aromatic carbocycles. The highest BCUT2D eigenvalue weighted by molar-refractivity contribution is 6.36. The molecule has 0 aromatic heterocycles. The second-order valence-electron chi connectivity index (χ2n) is 8.74. The van der Waals surface area contributed by atoms with Gasteiger partial charge in [0.15, 0.2) is 0 Å². The third kappa shape index (κ3) is 6.05. The van der Waals surface area contributed by atoms with E-state index in [2.05, 4.69) is 5.32 Å². The second-order valence-corrected chi connectivity index (χ2v) is 9.56. The van der Waals surface area contributed by atoms with Gasteiger partial charge in [-0.05, 0) is 56.4 Å². The Hall–Kier alpha value is -2.04. The number of nitrogens with one attached hydrogen (secondary N) is 1. The SMILES string of the molecule is CCC(C(=O)NC1CCCC1)N(Cc1c(Cl)cccc1Cl)C(=O)Cc1cc(C)ccc1C. The van der Waals surface area contributed by atoms with Crippen LogP contribution in [0.3, 0.4) is 0 Å². The molecule has 1 unspecified atom stereocenters. The van der Waals surface area contributed by atoms with Crippen molar-refractivity contribution in [3.05, 3.63) is 68.7 Å². The zero-order valence-electron chi connectivity index (χ0n) is 19.1. The smallest absolute Gasteiger partial charge is 0.243 e. The number of benzene rings is 2. The molecule has 4 nitrogen and oxygen atoms in total. The Bertz CT molecular complexity index is 950. The third-order valence-electron chi connectivity index (χ3n) is 6.32. The molecule has 2 aromatic rings. The van der Waals surface area contributed by atoms with E-state index in [0.717, 1.165) is 42.4 Å². The molecule has 0 bridgehead atoms. The predicted molar refractivity (Wildman–Crippen MR) is 131 cm³/mol. The van der Waals surface area contributed by atoms with Gasteiger partial charge in [-0.15, -0.1) is 0 Å². The number of hydrogen-bond acceptors (Lipinski definition) is 2. The summed E-state index contributed by atoms with van der Waals surface area (Å²) in [4.78, 5) is 28.5. The lowest BCUT2D eigenvalue weighted by Crippen LogP contribution is -2.51. The molecular formula is C26H32Cl2N2O2. The molecule has 0 radical (unpaired) electrons. The van der Waals surface area contributed by atoms with Crippen molar-refractivity contribution in [2.45, 2.75) is 77.9 Å². The van der Waals surface area contributed by atoms with E-state index in [1.807, 2.05) is 39.0 Å². The van der Waals surface area contributed by atoms with Crippen LogP contribution in [0.5, 0.6) is 0 Å². The van der Waals surface area contributed by atoms with E-state index in [0.29, 0.717) is 22.0 Å². The minimum Gasteiger partial charge on any atom is -0.352 e. The van der Waals surface area contributed by atoms with E-state index in [4.69, 9.17) is 23.2 Å². The molecule has 2 amide bonds. The van der Waals surface area contributed by atoms with Crippen LogP contribution in [0, 0.1) is 13.8 Å². The van der Waals surface area contributed by atoms with Crippen LogP contribution < -0.4 is 5.32 Å². The van der Waals surface area contributed by atoms with Crippen molar-refractivity contribution >= 4 is 35.0 Å². The lowest BCUT2D eigenvalue weighted by Gasteiger charge is -2.32. The highest BCUT2D eigenvalue weighted by Crippen LogP contribution is 2.28. The zero-order valence-corrected chi connectivity index (χ0v) is 20.6. The summed E-state index contributed by atoms with van der Waals surface area (Å²) in [5, 5.41) is 4.15. The second kappa shape index (κ2) is 11.2. The fourth-order valence-electron chi connectivity index (χ4n) is 4.40. The molecule has 0 heterocycles. The number of nitrogens with zero attached hydrogens (tertiary/aromatic N) is 1. The number of halogens is 2. The summed E-state index contributed by atoms with van der Waals surface area (Å²) in [5.41, 5.74) is 3.79. The Morgan fingerprint density at radius 1 is 1.09 bits per heavy atom. The number of amides is 2. The van der Waals surface area contributed by atoms with Crippen LogP contribution in [0.25, 0.3) is 0 Å². The molecule has 0 spiro atoms. The molecule has 0 aliphatic heterocycles. The first-order valence-corrected chi connectivity index (χ1v) is 12.1. The average molecular weight is 475 g/mol. The van der Waals surface area contributed by atoms with Gasteiger partial charge in [0, 0.05) is 28.2 Å². The van der Waals surface area contributed by atoms with Crippen molar-refractivity contribution in [1.29, 1.82) is 0 Å². The van der Waals surface area contributed by atoms with Gasteiger partial charge in [-0.1, -0.05) is 72.8 Å². The van der Waals surface area contributed by atoms with Crippen molar-refractivity contribution in [3.63, 3.8) is 0 Å². The minimum atomic E-state index is -0.583. The van der Waals surface area contributed by atoms with E-state index in [1.54, 1.807) is 23.1 Å². The van der Waals surface area contributed by atoms with Gasteiger partial charge in [0.2, 0.25) is 11.8 Å². The Morgan fingerprint density at radius 2 is 1.75 bits per heavy atom. The lowest BCUT2D eigenvalue weighted by atomic mass is 10.0. The van der Waals surface area contributed by atoms with Crippen molar-refractivity contribution < 1.29 is 9.59 Å². The molecule has 1 aliphatic carbocycles. The van der Waals surface area contributed by atoms with Gasteiger partial charge in [0.1, 0.15) is 6.04 Å².